The van der Waals surface area contributed by atoms with E-state index in [4.69, 9.17) is 4.74 Å². The van der Waals surface area contributed by atoms with Gasteiger partial charge in [0.1, 0.15) is 0 Å². The SMILES string of the molecule is Cc1c(C(=O)Nc2cccc(C(F)(F)F)c2)cc(-c2cccnc2)n1CCCN1CCOCC1. The predicted octanol–water partition coefficient (Wildman–Crippen LogP) is 4.85. The number of pyridine rings is 1. The summed E-state index contributed by atoms with van der Waals surface area (Å²) < 4.78 is 46.7. The topological polar surface area (TPSA) is 59.4 Å². The van der Waals surface area contributed by atoms with Crippen molar-refractivity contribution in [2.45, 2.75) is 26.1 Å². The van der Waals surface area contributed by atoms with Gasteiger partial charge < -0.3 is 14.6 Å². The number of amides is 1. The zero-order valence-corrected chi connectivity index (χ0v) is 18.9. The standard InChI is InChI=1S/C25H27F3N4O2/c1-18-22(24(33)30-21-7-2-6-20(15-21)25(26,27)28)16-23(19-5-3-8-29-17-19)32(18)10-4-9-31-11-13-34-14-12-31/h2-3,5-8,15-17H,4,9-14H2,1H3,(H,30,33). The summed E-state index contributed by atoms with van der Waals surface area (Å²) in [5.74, 6) is -0.450. The second-order valence-electron chi connectivity index (χ2n) is 8.26. The van der Waals surface area contributed by atoms with Crippen molar-refractivity contribution < 1.29 is 22.7 Å². The molecular formula is C25H27F3N4O2. The van der Waals surface area contributed by atoms with Crippen LogP contribution in [0.4, 0.5) is 18.9 Å². The number of hydrogen-bond acceptors (Lipinski definition) is 4. The van der Waals surface area contributed by atoms with Gasteiger partial charge in [0.25, 0.3) is 5.91 Å². The first-order valence-corrected chi connectivity index (χ1v) is 11.2. The molecule has 180 valence electrons. The molecule has 1 amide bonds. The number of morpholine rings is 1. The molecule has 3 heterocycles. The van der Waals surface area contributed by atoms with Gasteiger partial charge in [-0.3, -0.25) is 14.7 Å². The molecule has 34 heavy (non-hydrogen) atoms. The first kappa shape index (κ1) is 24.0. The molecular weight excluding hydrogens is 445 g/mol. The van der Waals surface area contributed by atoms with Crippen LogP contribution in [-0.2, 0) is 17.5 Å². The number of carbonyl (C=O) groups excluding carboxylic acids is 1. The van der Waals surface area contributed by atoms with E-state index < -0.39 is 17.6 Å². The summed E-state index contributed by atoms with van der Waals surface area (Å²) in [4.78, 5) is 19.6. The highest BCUT2D eigenvalue weighted by molar-refractivity contribution is 6.06. The molecule has 3 aromatic rings. The lowest BCUT2D eigenvalue weighted by atomic mass is 10.1. The summed E-state index contributed by atoms with van der Waals surface area (Å²) in [7, 11) is 0. The van der Waals surface area contributed by atoms with Crippen molar-refractivity contribution in [3.05, 3.63) is 71.7 Å². The van der Waals surface area contributed by atoms with E-state index >= 15 is 0 Å². The fourth-order valence-electron chi connectivity index (χ4n) is 4.17. The zero-order chi connectivity index (χ0) is 24.1. The van der Waals surface area contributed by atoms with Crippen molar-refractivity contribution in [1.29, 1.82) is 0 Å². The number of alkyl halides is 3. The molecule has 2 aromatic heterocycles. The third-order valence-electron chi connectivity index (χ3n) is 5.98. The van der Waals surface area contributed by atoms with E-state index in [1.54, 1.807) is 18.5 Å². The van der Waals surface area contributed by atoms with Gasteiger partial charge in [-0.1, -0.05) is 6.07 Å². The number of halogens is 3. The van der Waals surface area contributed by atoms with E-state index in [0.29, 0.717) is 12.1 Å². The highest BCUT2D eigenvalue weighted by atomic mass is 19.4. The summed E-state index contributed by atoms with van der Waals surface area (Å²) >= 11 is 0. The molecule has 1 aliphatic heterocycles. The molecule has 0 bridgehead atoms. The van der Waals surface area contributed by atoms with Crippen LogP contribution >= 0.6 is 0 Å². The normalized spacial score (nSPS) is 14.8. The van der Waals surface area contributed by atoms with E-state index in [1.807, 2.05) is 19.1 Å². The monoisotopic (exact) mass is 472 g/mol. The predicted molar refractivity (Wildman–Crippen MR) is 124 cm³/mol. The quantitative estimate of drug-likeness (QED) is 0.534. The van der Waals surface area contributed by atoms with E-state index in [9.17, 15) is 18.0 Å². The molecule has 1 aliphatic rings. The molecule has 1 aromatic carbocycles. The minimum atomic E-state index is -4.48. The molecule has 6 nitrogen and oxygen atoms in total. The fraction of sp³-hybridized carbons (Fsp3) is 0.360. The lowest BCUT2D eigenvalue weighted by Crippen LogP contribution is -2.37. The Morgan fingerprint density at radius 2 is 1.91 bits per heavy atom. The Morgan fingerprint density at radius 3 is 2.62 bits per heavy atom. The van der Waals surface area contributed by atoms with Gasteiger partial charge in [0.15, 0.2) is 0 Å². The maximum Gasteiger partial charge on any atom is 0.416 e. The van der Waals surface area contributed by atoms with Crippen LogP contribution in [0.15, 0.2) is 54.9 Å². The first-order valence-electron chi connectivity index (χ1n) is 11.2. The lowest BCUT2D eigenvalue weighted by Gasteiger charge is -2.26. The maximum atomic E-state index is 13.1. The molecule has 0 unspecified atom stereocenters. The third kappa shape index (κ3) is 5.66. The zero-order valence-electron chi connectivity index (χ0n) is 18.9. The maximum absolute atomic E-state index is 13.1. The van der Waals surface area contributed by atoms with E-state index in [2.05, 4.69) is 19.8 Å². The second kappa shape index (κ2) is 10.4. The van der Waals surface area contributed by atoms with E-state index in [0.717, 1.165) is 68.4 Å². The van der Waals surface area contributed by atoms with Gasteiger partial charge in [0.2, 0.25) is 0 Å². The Hall–Kier alpha value is -3.17. The van der Waals surface area contributed by atoms with Crippen LogP contribution in [0, 0.1) is 6.92 Å². The van der Waals surface area contributed by atoms with Crippen molar-refractivity contribution >= 4 is 11.6 Å². The number of benzene rings is 1. The first-order chi connectivity index (χ1) is 16.3. The van der Waals surface area contributed by atoms with Crippen LogP contribution in [0.25, 0.3) is 11.3 Å². The van der Waals surface area contributed by atoms with Gasteiger partial charge in [-0.05, 0) is 49.7 Å². The van der Waals surface area contributed by atoms with E-state index in [1.165, 1.54) is 12.1 Å². The molecule has 0 aliphatic carbocycles. The summed E-state index contributed by atoms with van der Waals surface area (Å²) in [5, 5.41) is 2.62. The van der Waals surface area contributed by atoms with Crippen molar-refractivity contribution in [2.24, 2.45) is 0 Å². The Morgan fingerprint density at radius 1 is 1.12 bits per heavy atom. The molecule has 9 heteroatoms. The Labute approximate surface area is 196 Å². The number of nitrogens with zero attached hydrogens (tertiary/aromatic N) is 3. The molecule has 4 rings (SSSR count). The van der Waals surface area contributed by atoms with Gasteiger partial charge in [-0.2, -0.15) is 13.2 Å². The largest absolute Gasteiger partial charge is 0.416 e. The average Bonchev–Trinajstić information content (AvgIpc) is 3.16. The second-order valence-corrected chi connectivity index (χ2v) is 8.26. The highest BCUT2D eigenvalue weighted by Gasteiger charge is 2.30. The van der Waals surface area contributed by atoms with E-state index in [-0.39, 0.29) is 5.69 Å². The summed E-state index contributed by atoms with van der Waals surface area (Å²) in [6.07, 6.45) is -0.170. The minimum Gasteiger partial charge on any atom is -0.379 e. The van der Waals surface area contributed by atoms with Crippen LogP contribution in [0.2, 0.25) is 0 Å². The molecule has 0 radical (unpaired) electrons. The molecule has 1 saturated heterocycles. The molecule has 1 fully saturated rings. The highest BCUT2D eigenvalue weighted by Crippen LogP contribution is 2.31. The van der Waals surface area contributed by atoms with Gasteiger partial charge in [0.05, 0.1) is 30.0 Å². The van der Waals surface area contributed by atoms with Gasteiger partial charge in [0, 0.05) is 55.5 Å². The summed E-state index contributed by atoms with van der Waals surface area (Å²) in [6.45, 7) is 6.77. The van der Waals surface area contributed by atoms with Crippen LogP contribution in [-0.4, -0.2) is 53.2 Å². The van der Waals surface area contributed by atoms with Gasteiger partial charge in [-0.15, -0.1) is 0 Å². The van der Waals surface area contributed by atoms with Crippen LogP contribution in [0.1, 0.15) is 28.0 Å². The molecule has 0 spiro atoms. The Kier molecular flexibility index (Phi) is 7.33. The molecule has 0 atom stereocenters. The minimum absolute atomic E-state index is 0.0993. The lowest BCUT2D eigenvalue weighted by molar-refractivity contribution is -0.137. The summed E-state index contributed by atoms with van der Waals surface area (Å²) in [5.41, 5.74) is 2.19. The number of nitrogens with one attached hydrogen (secondary N) is 1. The average molecular weight is 473 g/mol. The van der Waals surface area contributed by atoms with Crippen molar-refractivity contribution in [1.82, 2.24) is 14.5 Å². The number of carbonyl (C=O) groups is 1. The Bertz CT molecular complexity index is 1120. The van der Waals surface area contributed by atoms with Crippen molar-refractivity contribution in [3.8, 4) is 11.3 Å². The van der Waals surface area contributed by atoms with Crippen LogP contribution < -0.4 is 5.32 Å². The van der Waals surface area contributed by atoms with Crippen LogP contribution in [0.5, 0.6) is 0 Å². The molecule has 1 N–H and O–H groups in total. The fourth-order valence-corrected chi connectivity index (χ4v) is 4.17. The molecule has 0 saturated carbocycles. The number of ether oxygens (including phenoxy) is 1. The van der Waals surface area contributed by atoms with Gasteiger partial charge in [-0.25, -0.2) is 0 Å². The number of aromatic nitrogens is 2. The number of hydrogen-bond donors (Lipinski definition) is 1. The third-order valence-corrected chi connectivity index (χ3v) is 5.98. The Balaban J connectivity index is 1.56. The van der Waals surface area contributed by atoms with Crippen molar-refractivity contribution in [3.63, 3.8) is 0 Å². The van der Waals surface area contributed by atoms with Crippen molar-refractivity contribution in [2.75, 3.05) is 38.2 Å². The number of anilines is 1. The van der Waals surface area contributed by atoms with Gasteiger partial charge >= 0.3 is 6.18 Å². The van der Waals surface area contributed by atoms with Crippen LogP contribution in [0.3, 0.4) is 0 Å². The number of rotatable bonds is 7. The smallest absolute Gasteiger partial charge is 0.379 e. The summed E-state index contributed by atoms with van der Waals surface area (Å²) in [6, 6.07) is 10.2.